The van der Waals surface area contributed by atoms with Crippen molar-refractivity contribution in [2.75, 3.05) is 53.6 Å². The van der Waals surface area contributed by atoms with Gasteiger partial charge in [0.1, 0.15) is 26.4 Å². The van der Waals surface area contributed by atoms with Crippen LogP contribution in [-0.2, 0) is 28.7 Å². The van der Waals surface area contributed by atoms with Gasteiger partial charge in [-0.05, 0) is 12.8 Å². The van der Waals surface area contributed by atoms with Crippen LogP contribution in [-0.4, -0.2) is 97.4 Å². The Labute approximate surface area is 152 Å². The molecule has 2 N–H and O–H groups in total. The lowest BCUT2D eigenvalue weighted by Crippen LogP contribution is -2.32. The monoisotopic (exact) mass is 376 g/mol. The summed E-state index contributed by atoms with van der Waals surface area (Å²) in [6.45, 7) is -0.389. The van der Waals surface area contributed by atoms with Crippen LogP contribution in [0.5, 0.6) is 0 Å². The summed E-state index contributed by atoms with van der Waals surface area (Å²) in [7, 11) is 3.27. The predicted molar refractivity (Wildman–Crippen MR) is 90.7 cm³/mol. The Hall–Kier alpha value is -2.20. The van der Waals surface area contributed by atoms with Gasteiger partial charge in [0.2, 0.25) is 11.8 Å². The number of rotatable bonds is 15. The first kappa shape index (κ1) is 23.8. The van der Waals surface area contributed by atoms with Gasteiger partial charge < -0.3 is 29.5 Å². The number of carbonyl (C=O) groups excluding carboxylic acids is 2. The highest BCUT2D eigenvalue weighted by atomic mass is 16.5. The fourth-order valence-electron chi connectivity index (χ4n) is 1.97. The third-order valence-corrected chi connectivity index (χ3v) is 3.49. The van der Waals surface area contributed by atoms with Gasteiger partial charge in [0.05, 0.1) is 0 Å². The van der Waals surface area contributed by atoms with Crippen molar-refractivity contribution in [3.05, 3.63) is 0 Å². The van der Waals surface area contributed by atoms with E-state index in [0.29, 0.717) is 13.1 Å². The molecular weight excluding hydrogens is 348 g/mol. The molecule has 0 aromatic rings. The summed E-state index contributed by atoms with van der Waals surface area (Å²) in [4.78, 5) is 46.9. The van der Waals surface area contributed by atoms with Crippen LogP contribution < -0.4 is 0 Å². The second-order valence-corrected chi connectivity index (χ2v) is 5.82. The molecule has 2 amide bonds. The molecule has 0 aliphatic carbocycles. The number of carboxylic acids is 2. The summed E-state index contributed by atoms with van der Waals surface area (Å²) in [5.41, 5.74) is 0. The van der Waals surface area contributed by atoms with Crippen LogP contribution in [0, 0.1) is 0 Å². The first-order chi connectivity index (χ1) is 12.2. The maximum absolute atomic E-state index is 11.7. The fourth-order valence-corrected chi connectivity index (χ4v) is 1.97. The number of unbranched alkanes of at least 4 members (excludes halogenated alkanes) is 3. The molecule has 0 atom stereocenters. The van der Waals surface area contributed by atoms with E-state index >= 15 is 0 Å². The van der Waals surface area contributed by atoms with E-state index in [4.69, 9.17) is 19.7 Å². The van der Waals surface area contributed by atoms with E-state index in [1.807, 2.05) is 0 Å². The minimum atomic E-state index is -1.11. The number of ether oxygens (including phenoxy) is 2. The minimum absolute atomic E-state index is 0.250. The summed E-state index contributed by atoms with van der Waals surface area (Å²) in [5.74, 6) is -2.76. The molecule has 0 fully saturated rings. The summed E-state index contributed by atoms with van der Waals surface area (Å²) in [6.07, 6.45) is 3.34. The molecule has 10 nitrogen and oxygen atoms in total. The van der Waals surface area contributed by atoms with Gasteiger partial charge in [0.25, 0.3) is 0 Å². The van der Waals surface area contributed by atoms with Gasteiger partial charge in [0.15, 0.2) is 0 Å². The molecule has 0 aliphatic heterocycles. The van der Waals surface area contributed by atoms with Crippen molar-refractivity contribution in [3.8, 4) is 0 Å². The molecule has 10 heteroatoms. The van der Waals surface area contributed by atoms with Crippen molar-refractivity contribution in [3.63, 3.8) is 0 Å². The molecule has 150 valence electrons. The molecular formula is C16H28N2O8. The number of hydrogen-bond acceptors (Lipinski definition) is 6. The Morgan fingerprint density at radius 1 is 0.654 bits per heavy atom. The van der Waals surface area contributed by atoms with Crippen LogP contribution in [0.1, 0.15) is 25.7 Å². The Balaban J connectivity index is 3.67. The highest BCUT2D eigenvalue weighted by Crippen LogP contribution is 2.03. The molecule has 0 aromatic carbocycles. The maximum Gasteiger partial charge on any atom is 0.329 e. The first-order valence-electron chi connectivity index (χ1n) is 8.31. The van der Waals surface area contributed by atoms with Crippen molar-refractivity contribution < 1.29 is 38.9 Å². The number of amides is 2. The highest BCUT2D eigenvalue weighted by molar-refractivity contribution is 5.78. The molecule has 0 saturated carbocycles. The second kappa shape index (κ2) is 14.0. The van der Waals surface area contributed by atoms with E-state index in [-0.39, 0.29) is 25.0 Å². The van der Waals surface area contributed by atoms with Crippen molar-refractivity contribution >= 4 is 23.8 Å². The lowest BCUT2D eigenvalue weighted by Gasteiger charge is -2.18. The average Bonchev–Trinajstić information content (AvgIpc) is 2.56. The Kier molecular flexibility index (Phi) is 12.8. The predicted octanol–water partition coefficient (Wildman–Crippen LogP) is -0.334. The molecule has 0 heterocycles. The van der Waals surface area contributed by atoms with Gasteiger partial charge in [-0.3, -0.25) is 9.59 Å². The van der Waals surface area contributed by atoms with Gasteiger partial charge in [-0.2, -0.15) is 0 Å². The topological polar surface area (TPSA) is 134 Å². The van der Waals surface area contributed by atoms with E-state index in [2.05, 4.69) is 0 Å². The Bertz CT molecular complexity index is 427. The van der Waals surface area contributed by atoms with Gasteiger partial charge in [-0.1, -0.05) is 12.8 Å². The number of aliphatic carboxylic acids is 2. The number of nitrogens with zero attached hydrogens (tertiary/aromatic N) is 2. The van der Waals surface area contributed by atoms with Crippen LogP contribution >= 0.6 is 0 Å². The van der Waals surface area contributed by atoms with Crippen molar-refractivity contribution in [2.24, 2.45) is 0 Å². The lowest BCUT2D eigenvalue weighted by molar-refractivity contribution is -0.147. The molecule has 0 aliphatic rings. The van der Waals surface area contributed by atoms with Crippen LogP contribution in [0.2, 0.25) is 0 Å². The number of carbonyl (C=O) groups is 4. The quantitative estimate of drug-likeness (QED) is 0.371. The standard InChI is InChI=1S/C16H28N2O8/c1-17(13(19)9-25-11-15(21)22)7-5-3-4-6-8-18(2)14(20)10-26-12-16(23)24/h3-12H2,1-2H3,(H,21,22)(H,23,24). The zero-order valence-electron chi connectivity index (χ0n) is 15.3. The van der Waals surface area contributed by atoms with Crippen LogP contribution in [0.4, 0.5) is 0 Å². The molecule has 0 saturated heterocycles. The van der Waals surface area contributed by atoms with E-state index in [0.717, 1.165) is 25.7 Å². The molecule has 0 bridgehead atoms. The number of likely N-dealkylation sites (N-methyl/N-ethyl adjacent to an activating group) is 2. The molecule has 0 spiro atoms. The van der Waals surface area contributed by atoms with Gasteiger partial charge in [0, 0.05) is 27.2 Å². The van der Waals surface area contributed by atoms with Crippen LogP contribution in [0.15, 0.2) is 0 Å². The minimum Gasteiger partial charge on any atom is -0.480 e. The maximum atomic E-state index is 11.7. The van der Waals surface area contributed by atoms with Crippen LogP contribution in [0.3, 0.4) is 0 Å². The van der Waals surface area contributed by atoms with Gasteiger partial charge >= 0.3 is 11.9 Å². The lowest BCUT2D eigenvalue weighted by atomic mass is 10.2. The SMILES string of the molecule is CN(CCCCCCN(C)C(=O)COCC(=O)O)C(=O)COCC(=O)O. The van der Waals surface area contributed by atoms with E-state index < -0.39 is 25.2 Å². The van der Waals surface area contributed by atoms with Crippen molar-refractivity contribution in [1.29, 1.82) is 0 Å². The molecule has 0 unspecified atom stereocenters. The third-order valence-electron chi connectivity index (χ3n) is 3.49. The smallest absolute Gasteiger partial charge is 0.329 e. The Morgan fingerprint density at radius 3 is 1.31 bits per heavy atom. The molecule has 0 rings (SSSR count). The zero-order chi connectivity index (χ0) is 19.9. The molecule has 0 radical (unpaired) electrons. The fraction of sp³-hybridized carbons (Fsp3) is 0.750. The van der Waals surface area contributed by atoms with E-state index in [1.165, 1.54) is 9.80 Å². The van der Waals surface area contributed by atoms with E-state index in [1.54, 1.807) is 14.1 Å². The van der Waals surface area contributed by atoms with Crippen molar-refractivity contribution in [2.45, 2.75) is 25.7 Å². The average molecular weight is 376 g/mol. The van der Waals surface area contributed by atoms with E-state index in [9.17, 15) is 19.2 Å². The zero-order valence-corrected chi connectivity index (χ0v) is 15.3. The Morgan fingerprint density at radius 2 is 1.00 bits per heavy atom. The number of hydrogen-bond donors (Lipinski definition) is 2. The molecule has 0 aromatic heterocycles. The molecule has 26 heavy (non-hydrogen) atoms. The second-order valence-electron chi connectivity index (χ2n) is 5.82. The highest BCUT2D eigenvalue weighted by Gasteiger charge is 2.11. The third kappa shape index (κ3) is 13.1. The van der Waals surface area contributed by atoms with Crippen LogP contribution in [0.25, 0.3) is 0 Å². The van der Waals surface area contributed by atoms with Gasteiger partial charge in [-0.15, -0.1) is 0 Å². The first-order valence-corrected chi connectivity index (χ1v) is 8.31. The van der Waals surface area contributed by atoms with Crippen molar-refractivity contribution in [1.82, 2.24) is 9.80 Å². The summed E-state index contributed by atoms with van der Waals surface area (Å²) in [5, 5.41) is 16.8. The van der Waals surface area contributed by atoms with Gasteiger partial charge in [-0.25, -0.2) is 9.59 Å². The largest absolute Gasteiger partial charge is 0.480 e. The number of carboxylic acid groups (broad SMARTS) is 2. The summed E-state index contributed by atoms with van der Waals surface area (Å²) in [6, 6.07) is 0. The summed E-state index contributed by atoms with van der Waals surface area (Å²) < 4.78 is 9.48. The summed E-state index contributed by atoms with van der Waals surface area (Å²) >= 11 is 0. The normalized spacial score (nSPS) is 10.4.